The van der Waals surface area contributed by atoms with Gasteiger partial charge in [-0.05, 0) is 139 Å². The van der Waals surface area contributed by atoms with E-state index in [9.17, 15) is 19.5 Å². The molecule has 8 fully saturated rings. The van der Waals surface area contributed by atoms with E-state index in [0.29, 0.717) is 32.1 Å². The summed E-state index contributed by atoms with van der Waals surface area (Å²) in [7, 11) is 0. The van der Waals surface area contributed by atoms with E-state index >= 15 is 0 Å². The number of likely N-dealkylation sites (tertiary alicyclic amines) is 2. The number of aliphatic hydroxyl groups excluding tert-OH is 1. The summed E-state index contributed by atoms with van der Waals surface area (Å²) < 4.78 is 0. The summed E-state index contributed by atoms with van der Waals surface area (Å²) in [5, 5.41) is 16.5. The molecule has 5 heterocycles. The summed E-state index contributed by atoms with van der Waals surface area (Å²) in [6.45, 7) is 11.9. The third-order valence-corrected chi connectivity index (χ3v) is 15.9. The van der Waals surface area contributed by atoms with Crippen LogP contribution < -0.4 is 10.6 Å². The SMILES string of the molecule is CC/C(=C(\C1CCC(O)CC1)C1CCC(N2CCC(CN3CCN(C4CC5CN(C6CCC(=O)NC6=O)C(=O)C5CN4)CC3)CC2)CC1)C1CCCCC1. The molecule has 10 nitrogen and oxygen atoms in total. The molecule has 3 aliphatic carbocycles. The van der Waals surface area contributed by atoms with Crippen LogP contribution in [0, 0.1) is 35.5 Å². The molecule has 3 N–H and O–H groups in total. The van der Waals surface area contributed by atoms with Crippen molar-refractivity contribution in [3.63, 3.8) is 0 Å². The van der Waals surface area contributed by atoms with Gasteiger partial charge in [0.1, 0.15) is 6.04 Å². The molecule has 3 saturated carbocycles. The Hall–Kier alpha value is -1.85. The minimum atomic E-state index is -0.492. The standard InChI is InChI=1S/C44H72N6O4/c1-2-37(31-6-4-3-5-7-31)42(33-10-14-36(51)15-11-33)32-8-12-35(13-9-32)48-20-18-30(19-21-48)28-47-22-24-49(25-23-47)40-26-34-29-50(44(54)38(34)27-45-40)39-16-17-41(52)46-43(39)53/h30-36,38-40,45,51H,2-29H2,1H3,(H,46,52,53)/b42-37+. The van der Waals surface area contributed by atoms with Gasteiger partial charge in [0.2, 0.25) is 17.7 Å². The zero-order valence-electron chi connectivity index (χ0n) is 33.5. The topological polar surface area (TPSA) is 108 Å². The molecule has 5 saturated heterocycles. The molecule has 3 amide bonds. The van der Waals surface area contributed by atoms with E-state index in [1.807, 2.05) is 11.1 Å². The Balaban J connectivity index is 0.768. The van der Waals surface area contributed by atoms with E-state index in [2.05, 4.69) is 32.3 Å². The summed E-state index contributed by atoms with van der Waals surface area (Å²) >= 11 is 0. The third kappa shape index (κ3) is 8.68. The number of hydrogen-bond donors (Lipinski definition) is 3. The first-order valence-electron chi connectivity index (χ1n) is 22.8. The molecule has 8 aliphatic rings. The second-order valence-corrected chi connectivity index (χ2v) is 19.0. The lowest BCUT2D eigenvalue weighted by atomic mass is 9.67. The van der Waals surface area contributed by atoms with Gasteiger partial charge in [-0.1, -0.05) is 37.3 Å². The number of nitrogens with one attached hydrogen (secondary N) is 2. The first-order chi connectivity index (χ1) is 26.3. The Kier molecular flexibility index (Phi) is 12.8. The number of piperazine rings is 1. The van der Waals surface area contributed by atoms with Gasteiger partial charge >= 0.3 is 0 Å². The van der Waals surface area contributed by atoms with Crippen LogP contribution in [-0.4, -0.2) is 126 Å². The Morgan fingerprint density at radius 3 is 2.09 bits per heavy atom. The fourth-order valence-electron chi connectivity index (χ4n) is 12.8. The smallest absolute Gasteiger partial charge is 0.249 e. The molecule has 5 aliphatic heterocycles. The van der Waals surface area contributed by atoms with E-state index in [0.717, 1.165) is 75.2 Å². The van der Waals surface area contributed by atoms with E-state index < -0.39 is 6.04 Å². The number of piperidine rings is 3. The fraction of sp³-hybridized carbons (Fsp3) is 0.886. The average Bonchev–Trinajstić information content (AvgIpc) is 3.53. The molecule has 8 rings (SSSR count). The van der Waals surface area contributed by atoms with Crippen molar-refractivity contribution in [3.8, 4) is 0 Å². The highest BCUT2D eigenvalue weighted by Crippen LogP contribution is 2.46. The van der Waals surface area contributed by atoms with Crippen LogP contribution in [-0.2, 0) is 14.4 Å². The number of rotatable bonds is 9. The van der Waals surface area contributed by atoms with Crippen molar-refractivity contribution in [3.05, 3.63) is 11.1 Å². The molecular weight excluding hydrogens is 677 g/mol. The number of allylic oxidation sites excluding steroid dienone is 2. The Labute approximate surface area is 325 Å². The largest absolute Gasteiger partial charge is 0.393 e. The van der Waals surface area contributed by atoms with Gasteiger partial charge < -0.3 is 25.1 Å². The van der Waals surface area contributed by atoms with E-state index in [1.54, 1.807) is 4.90 Å². The summed E-state index contributed by atoms with van der Waals surface area (Å²) in [6.07, 6.45) is 22.9. The van der Waals surface area contributed by atoms with Crippen molar-refractivity contribution in [2.24, 2.45) is 35.5 Å². The van der Waals surface area contributed by atoms with Gasteiger partial charge in [0, 0.05) is 58.3 Å². The van der Waals surface area contributed by atoms with Crippen LogP contribution >= 0.6 is 0 Å². The monoisotopic (exact) mass is 749 g/mol. The number of carbonyl (C=O) groups is 3. The number of amides is 3. The van der Waals surface area contributed by atoms with Crippen molar-refractivity contribution in [2.75, 3.05) is 58.9 Å². The highest BCUT2D eigenvalue weighted by Gasteiger charge is 2.49. The first-order valence-corrected chi connectivity index (χ1v) is 22.8. The van der Waals surface area contributed by atoms with E-state index in [4.69, 9.17) is 0 Å². The molecule has 302 valence electrons. The van der Waals surface area contributed by atoms with E-state index in [1.165, 1.54) is 110 Å². The van der Waals surface area contributed by atoms with Gasteiger partial charge in [-0.3, -0.25) is 24.6 Å². The number of aliphatic hydroxyl groups is 1. The lowest BCUT2D eigenvalue weighted by molar-refractivity contribution is -0.144. The van der Waals surface area contributed by atoms with Gasteiger partial charge in [0.15, 0.2) is 0 Å². The molecule has 0 radical (unpaired) electrons. The summed E-state index contributed by atoms with van der Waals surface area (Å²) in [6, 6.07) is 0.280. The van der Waals surface area contributed by atoms with Crippen LogP contribution in [0.15, 0.2) is 11.1 Å². The van der Waals surface area contributed by atoms with Crippen LogP contribution in [0.2, 0.25) is 0 Å². The summed E-state index contributed by atoms with van der Waals surface area (Å²) in [5.74, 6) is 2.92. The van der Waals surface area contributed by atoms with Gasteiger partial charge in [0.25, 0.3) is 0 Å². The Bertz CT molecular complexity index is 1330. The van der Waals surface area contributed by atoms with Crippen molar-refractivity contribution >= 4 is 17.7 Å². The maximum absolute atomic E-state index is 13.3. The summed E-state index contributed by atoms with van der Waals surface area (Å²) in [5.41, 5.74) is 3.77. The molecule has 0 aromatic heterocycles. The number of imide groups is 1. The van der Waals surface area contributed by atoms with Crippen molar-refractivity contribution < 1.29 is 19.5 Å². The molecule has 54 heavy (non-hydrogen) atoms. The minimum Gasteiger partial charge on any atom is -0.393 e. The third-order valence-electron chi connectivity index (χ3n) is 15.9. The normalized spacial score (nSPS) is 38.0. The van der Waals surface area contributed by atoms with Gasteiger partial charge in [0.05, 0.1) is 18.2 Å². The molecule has 10 heteroatoms. The molecule has 4 unspecified atom stereocenters. The summed E-state index contributed by atoms with van der Waals surface area (Å²) in [4.78, 5) is 47.4. The maximum Gasteiger partial charge on any atom is 0.249 e. The minimum absolute atomic E-state index is 0.0549. The lowest BCUT2D eigenvalue weighted by Crippen LogP contribution is -2.59. The second-order valence-electron chi connectivity index (χ2n) is 19.0. The highest BCUT2D eigenvalue weighted by atomic mass is 16.3. The zero-order chi connectivity index (χ0) is 37.2. The zero-order valence-corrected chi connectivity index (χ0v) is 33.5. The van der Waals surface area contributed by atoms with Crippen LogP contribution in [0.5, 0.6) is 0 Å². The molecule has 4 atom stereocenters. The van der Waals surface area contributed by atoms with Crippen molar-refractivity contribution in [2.45, 2.75) is 153 Å². The van der Waals surface area contributed by atoms with Gasteiger partial charge in [-0.15, -0.1) is 0 Å². The highest BCUT2D eigenvalue weighted by molar-refractivity contribution is 6.02. The number of carbonyl (C=O) groups excluding carboxylic acids is 3. The van der Waals surface area contributed by atoms with Gasteiger partial charge in [-0.2, -0.15) is 0 Å². The number of fused-ring (bicyclic) bond motifs is 1. The van der Waals surface area contributed by atoms with Crippen molar-refractivity contribution in [1.82, 2.24) is 30.2 Å². The predicted molar refractivity (Wildman–Crippen MR) is 211 cm³/mol. The quantitative estimate of drug-likeness (QED) is 0.226. The second kappa shape index (κ2) is 17.7. The van der Waals surface area contributed by atoms with Crippen LogP contribution in [0.25, 0.3) is 0 Å². The molecule has 0 bridgehead atoms. The predicted octanol–water partition coefficient (Wildman–Crippen LogP) is 4.91. The Morgan fingerprint density at radius 2 is 1.43 bits per heavy atom. The van der Waals surface area contributed by atoms with Crippen LogP contribution in [0.1, 0.15) is 129 Å². The number of hydrogen-bond acceptors (Lipinski definition) is 8. The first kappa shape index (κ1) is 39.0. The molecular formula is C44H72N6O4. The molecule has 0 aromatic rings. The number of nitrogens with zero attached hydrogens (tertiary/aromatic N) is 4. The maximum atomic E-state index is 13.3. The van der Waals surface area contributed by atoms with Crippen LogP contribution in [0.3, 0.4) is 0 Å². The lowest BCUT2D eigenvalue weighted by Gasteiger charge is -2.45. The van der Waals surface area contributed by atoms with Crippen molar-refractivity contribution in [1.29, 1.82) is 0 Å². The Morgan fingerprint density at radius 1 is 0.741 bits per heavy atom. The fourth-order valence-corrected chi connectivity index (χ4v) is 12.8. The van der Waals surface area contributed by atoms with Gasteiger partial charge in [-0.25, -0.2) is 0 Å². The molecule has 0 spiro atoms. The molecule has 0 aromatic carbocycles. The average molecular weight is 749 g/mol. The van der Waals surface area contributed by atoms with E-state index in [-0.39, 0.29) is 35.7 Å². The van der Waals surface area contributed by atoms with Crippen LogP contribution in [0.4, 0.5) is 0 Å².